The second-order valence-electron chi connectivity index (χ2n) is 6.36. The Labute approximate surface area is 117 Å². The zero-order chi connectivity index (χ0) is 13.9. The van der Waals surface area contributed by atoms with Crippen molar-refractivity contribution >= 4 is 9.84 Å². The Hall–Kier alpha value is -0.130. The second kappa shape index (κ2) is 6.55. The maximum absolute atomic E-state index is 11.4. The number of nitrogens with zero attached hydrogens (tertiary/aromatic N) is 1. The monoisotopic (exact) mass is 288 g/mol. The van der Waals surface area contributed by atoms with Gasteiger partial charge in [-0.1, -0.05) is 19.8 Å². The minimum Gasteiger partial charge on any atom is -0.312 e. The maximum atomic E-state index is 11.4. The van der Waals surface area contributed by atoms with Gasteiger partial charge < -0.3 is 10.2 Å². The van der Waals surface area contributed by atoms with Crippen molar-refractivity contribution in [2.75, 3.05) is 31.6 Å². The molecule has 1 heterocycles. The highest BCUT2D eigenvalue weighted by atomic mass is 32.2. The first-order valence-corrected chi connectivity index (χ1v) is 9.44. The topological polar surface area (TPSA) is 49.4 Å². The summed E-state index contributed by atoms with van der Waals surface area (Å²) in [6.45, 7) is 4.28. The zero-order valence-corrected chi connectivity index (χ0v) is 13.1. The van der Waals surface area contributed by atoms with Crippen LogP contribution in [-0.4, -0.2) is 57.0 Å². The molecule has 2 rings (SSSR count). The molecule has 0 amide bonds. The van der Waals surface area contributed by atoms with E-state index in [1.807, 2.05) is 0 Å². The summed E-state index contributed by atoms with van der Waals surface area (Å²) < 4.78 is 22.8. The Morgan fingerprint density at radius 3 is 2.58 bits per heavy atom. The van der Waals surface area contributed by atoms with Gasteiger partial charge >= 0.3 is 0 Å². The summed E-state index contributed by atoms with van der Waals surface area (Å²) in [5.41, 5.74) is 0. The molecule has 0 bridgehead atoms. The highest BCUT2D eigenvalue weighted by molar-refractivity contribution is 7.91. The van der Waals surface area contributed by atoms with Crippen molar-refractivity contribution in [3.05, 3.63) is 0 Å². The molecule has 1 aliphatic carbocycles. The third-order valence-corrected chi connectivity index (χ3v) is 6.53. The van der Waals surface area contributed by atoms with Gasteiger partial charge in [0.25, 0.3) is 0 Å². The molecule has 112 valence electrons. The van der Waals surface area contributed by atoms with Crippen LogP contribution in [0.15, 0.2) is 0 Å². The van der Waals surface area contributed by atoms with Crippen molar-refractivity contribution in [1.29, 1.82) is 0 Å². The van der Waals surface area contributed by atoms with E-state index in [0.717, 1.165) is 25.4 Å². The Kier molecular flexibility index (Phi) is 5.26. The number of sulfone groups is 1. The van der Waals surface area contributed by atoms with E-state index in [4.69, 9.17) is 0 Å². The van der Waals surface area contributed by atoms with E-state index in [1.54, 1.807) is 0 Å². The number of nitrogens with one attached hydrogen (secondary N) is 1. The molecule has 0 radical (unpaired) electrons. The van der Waals surface area contributed by atoms with Crippen LogP contribution in [-0.2, 0) is 9.84 Å². The molecule has 3 atom stereocenters. The van der Waals surface area contributed by atoms with Gasteiger partial charge in [-0.25, -0.2) is 8.42 Å². The lowest BCUT2D eigenvalue weighted by Crippen LogP contribution is -2.43. The van der Waals surface area contributed by atoms with Crippen molar-refractivity contribution in [3.63, 3.8) is 0 Å². The summed E-state index contributed by atoms with van der Waals surface area (Å²) in [6, 6.07) is 0.894. The van der Waals surface area contributed by atoms with Gasteiger partial charge in [-0.05, 0) is 32.2 Å². The van der Waals surface area contributed by atoms with Gasteiger partial charge in [0.2, 0.25) is 0 Å². The van der Waals surface area contributed by atoms with Crippen LogP contribution in [0.2, 0.25) is 0 Å². The molecular weight excluding hydrogens is 260 g/mol. The number of likely N-dealkylation sites (N-methyl/N-ethyl adjacent to an activating group) is 1. The summed E-state index contributed by atoms with van der Waals surface area (Å²) in [6.07, 6.45) is 6.18. The zero-order valence-electron chi connectivity index (χ0n) is 12.3. The fourth-order valence-corrected chi connectivity index (χ4v) is 5.23. The third-order valence-electron chi connectivity index (χ3n) is 4.76. The molecule has 3 unspecified atom stereocenters. The van der Waals surface area contributed by atoms with Crippen LogP contribution in [0.4, 0.5) is 0 Å². The predicted molar refractivity (Wildman–Crippen MR) is 79.1 cm³/mol. The number of rotatable bonds is 5. The fourth-order valence-electron chi connectivity index (χ4n) is 3.52. The van der Waals surface area contributed by atoms with E-state index in [9.17, 15) is 8.42 Å². The van der Waals surface area contributed by atoms with Crippen molar-refractivity contribution < 1.29 is 8.42 Å². The lowest BCUT2D eigenvalue weighted by atomic mass is 9.85. The third kappa shape index (κ3) is 4.43. The first-order chi connectivity index (χ1) is 8.98. The fraction of sp³-hybridized carbons (Fsp3) is 1.00. The van der Waals surface area contributed by atoms with Gasteiger partial charge in [-0.15, -0.1) is 0 Å². The normalized spacial score (nSPS) is 34.8. The second-order valence-corrected chi connectivity index (χ2v) is 8.59. The number of hydrogen-bond donors (Lipinski definition) is 1. The first kappa shape index (κ1) is 15.3. The minimum atomic E-state index is -2.75. The van der Waals surface area contributed by atoms with Crippen LogP contribution in [0.3, 0.4) is 0 Å². The highest BCUT2D eigenvalue weighted by Gasteiger charge is 2.28. The van der Waals surface area contributed by atoms with Gasteiger partial charge in [-0.2, -0.15) is 0 Å². The van der Waals surface area contributed by atoms with Crippen molar-refractivity contribution in [2.45, 2.75) is 51.1 Å². The molecule has 2 aliphatic rings. The Morgan fingerprint density at radius 1 is 1.21 bits per heavy atom. The Bertz CT molecular complexity index is 383. The van der Waals surface area contributed by atoms with E-state index in [2.05, 4.69) is 24.2 Å². The molecule has 1 saturated carbocycles. The van der Waals surface area contributed by atoms with Crippen LogP contribution in [0.5, 0.6) is 0 Å². The summed E-state index contributed by atoms with van der Waals surface area (Å²) in [5, 5.41) is 3.40. The summed E-state index contributed by atoms with van der Waals surface area (Å²) in [5.74, 6) is 1.49. The molecule has 4 nitrogen and oxygen atoms in total. The molecule has 0 aromatic rings. The SMILES string of the molecule is CC1CCCCC1N(C)CCNC1CCS(=O)(=O)C1. The number of hydrogen-bond acceptors (Lipinski definition) is 4. The van der Waals surface area contributed by atoms with E-state index < -0.39 is 9.84 Å². The van der Waals surface area contributed by atoms with Gasteiger partial charge in [0.1, 0.15) is 0 Å². The molecule has 19 heavy (non-hydrogen) atoms. The summed E-state index contributed by atoms with van der Waals surface area (Å²) in [7, 11) is -0.544. The van der Waals surface area contributed by atoms with Crippen LogP contribution in [0.1, 0.15) is 39.0 Å². The standard InChI is InChI=1S/C14H28N2O2S/c1-12-5-3-4-6-14(12)16(2)9-8-15-13-7-10-19(17,18)11-13/h12-15H,3-11H2,1-2H3. The van der Waals surface area contributed by atoms with E-state index in [1.165, 1.54) is 25.7 Å². The van der Waals surface area contributed by atoms with Crippen LogP contribution < -0.4 is 5.32 Å². The molecule has 1 N–H and O–H groups in total. The molecule has 1 saturated heterocycles. The quantitative estimate of drug-likeness (QED) is 0.828. The van der Waals surface area contributed by atoms with Gasteiger partial charge in [0.15, 0.2) is 9.84 Å². The largest absolute Gasteiger partial charge is 0.312 e. The van der Waals surface area contributed by atoms with Crippen LogP contribution in [0.25, 0.3) is 0 Å². The molecule has 5 heteroatoms. The van der Waals surface area contributed by atoms with Crippen LogP contribution >= 0.6 is 0 Å². The van der Waals surface area contributed by atoms with Crippen LogP contribution in [0, 0.1) is 5.92 Å². The van der Waals surface area contributed by atoms with Gasteiger partial charge in [-0.3, -0.25) is 0 Å². The molecule has 1 aliphatic heterocycles. The van der Waals surface area contributed by atoms with E-state index in [-0.39, 0.29) is 6.04 Å². The maximum Gasteiger partial charge on any atom is 0.151 e. The van der Waals surface area contributed by atoms with Crippen molar-refractivity contribution in [3.8, 4) is 0 Å². The Balaban J connectivity index is 1.68. The lowest BCUT2D eigenvalue weighted by molar-refractivity contribution is 0.139. The minimum absolute atomic E-state index is 0.183. The van der Waals surface area contributed by atoms with Gasteiger partial charge in [0.05, 0.1) is 11.5 Å². The lowest BCUT2D eigenvalue weighted by Gasteiger charge is -2.36. The molecular formula is C14H28N2O2S. The van der Waals surface area contributed by atoms with E-state index >= 15 is 0 Å². The van der Waals surface area contributed by atoms with Crippen molar-refractivity contribution in [1.82, 2.24) is 10.2 Å². The average Bonchev–Trinajstić information content (AvgIpc) is 2.69. The van der Waals surface area contributed by atoms with Crippen molar-refractivity contribution in [2.24, 2.45) is 5.92 Å². The molecule has 0 aromatic carbocycles. The molecule has 0 spiro atoms. The smallest absolute Gasteiger partial charge is 0.151 e. The summed E-state index contributed by atoms with van der Waals surface area (Å²) >= 11 is 0. The highest BCUT2D eigenvalue weighted by Crippen LogP contribution is 2.27. The first-order valence-electron chi connectivity index (χ1n) is 7.62. The summed E-state index contributed by atoms with van der Waals surface area (Å²) in [4.78, 5) is 2.46. The Morgan fingerprint density at radius 2 is 1.95 bits per heavy atom. The molecule has 0 aromatic heterocycles. The predicted octanol–water partition coefficient (Wildman–Crippen LogP) is 1.27. The average molecular weight is 288 g/mol. The van der Waals surface area contributed by atoms with E-state index in [0.29, 0.717) is 17.5 Å². The van der Waals surface area contributed by atoms with Gasteiger partial charge in [0, 0.05) is 25.2 Å². The molecule has 2 fully saturated rings.